The maximum Gasteiger partial charge on any atom is 0.137 e. The number of methoxy groups -OCH3 is 1. The minimum absolute atomic E-state index is 0.835. The molecule has 0 unspecified atom stereocenters. The summed E-state index contributed by atoms with van der Waals surface area (Å²) < 4.78 is 5.06. The standard InChI is InChI=1S/C9H12BrNO/c1-12-9-5-8(3-2-4-10)6-11-7-9/h5-7H,2-4H2,1H3. The molecule has 0 aliphatic rings. The lowest BCUT2D eigenvalue weighted by atomic mass is 10.2. The third-order valence-electron chi connectivity index (χ3n) is 1.60. The fourth-order valence-corrected chi connectivity index (χ4v) is 1.26. The van der Waals surface area contributed by atoms with Crippen molar-refractivity contribution >= 4 is 15.9 Å². The predicted molar refractivity (Wildman–Crippen MR) is 52.9 cm³/mol. The lowest BCUT2D eigenvalue weighted by Gasteiger charge is -2.01. The summed E-state index contributed by atoms with van der Waals surface area (Å²) in [4.78, 5) is 4.07. The molecule has 0 spiro atoms. The van der Waals surface area contributed by atoms with Crippen molar-refractivity contribution in [1.29, 1.82) is 0 Å². The number of hydrogen-bond donors (Lipinski definition) is 0. The number of aromatic nitrogens is 1. The predicted octanol–water partition coefficient (Wildman–Crippen LogP) is 2.42. The SMILES string of the molecule is COc1cncc(CCCBr)c1. The van der Waals surface area contributed by atoms with Gasteiger partial charge in [0.1, 0.15) is 5.75 Å². The van der Waals surface area contributed by atoms with E-state index in [0.29, 0.717) is 0 Å². The van der Waals surface area contributed by atoms with Crippen LogP contribution in [0, 0.1) is 0 Å². The Hall–Kier alpha value is -0.570. The topological polar surface area (TPSA) is 22.1 Å². The summed E-state index contributed by atoms with van der Waals surface area (Å²) in [5.74, 6) is 0.835. The quantitative estimate of drug-likeness (QED) is 0.741. The summed E-state index contributed by atoms with van der Waals surface area (Å²) in [7, 11) is 1.66. The molecule has 3 heteroatoms. The zero-order chi connectivity index (χ0) is 8.81. The maximum absolute atomic E-state index is 5.06. The summed E-state index contributed by atoms with van der Waals surface area (Å²) in [5.41, 5.74) is 1.23. The normalized spacial score (nSPS) is 9.83. The fourth-order valence-electron chi connectivity index (χ4n) is 0.983. The van der Waals surface area contributed by atoms with Gasteiger partial charge in [-0.25, -0.2) is 0 Å². The van der Waals surface area contributed by atoms with E-state index < -0.39 is 0 Å². The Labute approximate surface area is 81.1 Å². The van der Waals surface area contributed by atoms with Crippen molar-refractivity contribution < 1.29 is 4.74 Å². The first-order chi connectivity index (χ1) is 5.86. The highest BCUT2D eigenvalue weighted by Crippen LogP contribution is 2.11. The molecule has 0 aliphatic heterocycles. The molecule has 0 aliphatic carbocycles. The number of aryl methyl sites for hydroxylation is 1. The van der Waals surface area contributed by atoms with Crippen molar-refractivity contribution in [3.63, 3.8) is 0 Å². The van der Waals surface area contributed by atoms with Crippen LogP contribution < -0.4 is 4.74 Å². The van der Waals surface area contributed by atoms with Gasteiger partial charge >= 0.3 is 0 Å². The molecule has 0 aromatic carbocycles. The second-order valence-electron chi connectivity index (χ2n) is 2.53. The average Bonchev–Trinajstić information content (AvgIpc) is 2.15. The number of ether oxygens (including phenoxy) is 1. The molecular formula is C9H12BrNO. The van der Waals surface area contributed by atoms with E-state index in [1.165, 1.54) is 5.56 Å². The summed E-state index contributed by atoms with van der Waals surface area (Å²) in [6, 6.07) is 2.02. The average molecular weight is 230 g/mol. The molecule has 1 aromatic heterocycles. The molecule has 0 saturated heterocycles. The number of halogens is 1. The van der Waals surface area contributed by atoms with E-state index >= 15 is 0 Å². The van der Waals surface area contributed by atoms with Crippen LogP contribution in [0.5, 0.6) is 5.75 Å². The molecule has 12 heavy (non-hydrogen) atoms. The van der Waals surface area contributed by atoms with Crippen LogP contribution in [0.2, 0.25) is 0 Å². The molecule has 0 radical (unpaired) electrons. The van der Waals surface area contributed by atoms with Crippen LogP contribution in [0.1, 0.15) is 12.0 Å². The van der Waals surface area contributed by atoms with Crippen molar-refractivity contribution in [2.24, 2.45) is 0 Å². The second kappa shape index (κ2) is 5.14. The summed E-state index contributed by atoms with van der Waals surface area (Å²) in [5, 5.41) is 1.03. The molecule has 1 aromatic rings. The molecule has 1 heterocycles. The Balaban J connectivity index is 2.60. The number of pyridine rings is 1. The second-order valence-corrected chi connectivity index (χ2v) is 3.32. The Bertz CT molecular complexity index is 240. The van der Waals surface area contributed by atoms with Crippen molar-refractivity contribution in [2.45, 2.75) is 12.8 Å². The molecule has 2 nitrogen and oxygen atoms in total. The molecule has 0 N–H and O–H groups in total. The Morgan fingerprint density at radius 1 is 1.50 bits per heavy atom. The molecule has 0 fully saturated rings. The molecule has 0 amide bonds. The van der Waals surface area contributed by atoms with Crippen LogP contribution in [-0.2, 0) is 6.42 Å². The van der Waals surface area contributed by atoms with E-state index in [1.807, 2.05) is 12.3 Å². The van der Waals surface area contributed by atoms with Crippen molar-refractivity contribution in [3.05, 3.63) is 24.0 Å². The van der Waals surface area contributed by atoms with Gasteiger partial charge in [-0.3, -0.25) is 4.98 Å². The van der Waals surface area contributed by atoms with Gasteiger partial charge in [0.25, 0.3) is 0 Å². The molecular weight excluding hydrogens is 218 g/mol. The van der Waals surface area contributed by atoms with Gasteiger partial charge in [-0.05, 0) is 24.5 Å². The van der Waals surface area contributed by atoms with Crippen LogP contribution in [0.25, 0.3) is 0 Å². The Kier molecular flexibility index (Phi) is 4.08. The van der Waals surface area contributed by atoms with Crippen LogP contribution in [-0.4, -0.2) is 17.4 Å². The molecule has 0 bridgehead atoms. The highest BCUT2D eigenvalue weighted by atomic mass is 79.9. The Morgan fingerprint density at radius 3 is 3.00 bits per heavy atom. The van der Waals surface area contributed by atoms with Crippen LogP contribution in [0.4, 0.5) is 0 Å². The molecule has 1 rings (SSSR count). The summed E-state index contributed by atoms with van der Waals surface area (Å²) in [6.45, 7) is 0. The minimum Gasteiger partial charge on any atom is -0.495 e. The van der Waals surface area contributed by atoms with E-state index in [4.69, 9.17) is 4.74 Å². The van der Waals surface area contributed by atoms with Gasteiger partial charge in [-0.1, -0.05) is 15.9 Å². The first kappa shape index (κ1) is 9.52. The van der Waals surface area contributed by atoms with Gasteiger partial charge in [-0.2, -0.15) is 0 Å². The van der Waals surface area contributed by atoms with Gasteiger partial charge in [0.05, 0.1) is 13.3 Å². The third kappa shape index (κ3) is 2.81. The maximum atomic E-state index is 5.06. The third-order valence-corrected chi connectivity index (χ3v) is 2.17. The zero-order valence-corrected chi connectivity index (χ0v) is 8.67. The van der Waals surface area contributed by atoms with Crippen molar-refractivity contribution in [1.82, 2.24) is 4.98 Å². The van der Waals surface area contributed by atoms with E-state index in [-0.39, 0.29) is 0 Å². The van der Waals surface area contributed by atoms with Gasteiger partial charge in [0, 0.05) is 11.5 Å². The zero-order valence-electron chi connectivity index (χ0n) is 7.09. The first-order valence-electron chi connectivity index (χ1n) is 3.90. The van der Waals surface area contributed by atoms with Crippen LogP contribution >= 0.6 is 15.9 Å². The number of nitrogens with zero attached hydrogens (tertiary/aromatic N) is 1. The molecule has 0 atom stereocenters. The monoisotopic (exact) mass is 229 g/mol. The minimum atomic E-state index is 0.835. The number of rotatable bonds is 4. The molecule has 66 valence electrons. The fraction of sp³-hybridized carbons (Fsp3) is 0.444. The van der Waals surface area contributed by atoms with E-state index in [1.54, 1.807) is 13.3 Å². The van der Waals surface area contributed by atoms with Crippen LogP contribution in [0.15, 0.2) is 18.5 Å². The smallest absolute Gasteiger partial charge is 0.137 e. The van der Waals surface area contributed by atoms with E-state index in [9.17, 15) is 0 Å². The summed E-state index contributed by atoms with van der Waals surface area (Å²) in [6.07, 6.45) is 5.78. The van der Waals surface area contributed by atoms with Crippen molar-refractivity contribution in [3.8, 4) is 5.75 Å². The highest BCUT2D eigenvalue weighted by molar-refractivity contribution is 9.09. The van der Waals surface area contributed by atoms with Gasteiger partial charge in [0.15, 0.2) is 0 Å². The van der Waals surface area contributed by atoms with E-state index in [2.05, 4.69) is 20.9 Å². The van der Waals surface area contributed by atoms with Gasteiger partial charge in [0.2, 0.25) is 0 Å². The summed E-state index contributed by atoms with van der Waals surface area (Å²) >= 11 is 3.39. The molecule has 0 saturated carbocycles. The van der Waals surface area contributed by atoms with E-state index in [0.717, 1.165) is 23.9 Å². The Morgan fingerprint density at radius 2 is 2.33 bits per heavy atom. The largest absolute Gasteiger partial charge is 0.495 e. The van der Waals surface area contributed by atoms with Gasteiger partial charge < -0.3 is 4.74 Å². The number of hydrogen-bond acceptors (Lipinski definition) is 2. The van der Waals surface area contributed by atoms with Crippen LogP contribution in [0.3, 0.4) is 0 Å². The lowest BCUT2D eigenvalue weighted by molar-refractivity contribution is 0.412. The first-order valence-corrected chi connectivity index (χ1v) is 5.03. The highest BCUT2D eigenvalue weighted by Gasteiger charge is 1.95. The van der Waals surface area contributed by atoms with Crippen molar-refractivity contribution in [2.75, 3.05) is 12.4 Å². The van der Waals surface area contributed by atoms with Gasteiger partial charge in [-0.15, -0.1) is 0 Å². The lowest BCUT2D eigenvalue weighted by Crippen LogP contribution is -1.90. The number of alkyl halides is 1.